The van der Waals surface area contributed by atoms with Gasteiger partial charge in [0.25, 0.3) is 0 Å². The van der Waals surface area contributed by atoms with Gasteiger partial charge in [-0.15, -0.1) is 23.5 Å². The number of fused-ring (bicyclic) bond motifs is 1. The molecule has 3 aromatic rings. The maximum atomic E-state index is 12.9. The summed E-state index contributed by atoms with van der Waals surface area (Å²) in [7, 11) is 0. The zero-order valence-corrected chi connectivity index (χ0v) is 14.5. The number of nitrogens with zero attached hydrogens (tertiary/aromatic N) is 2. The summed E-state index contributed by atoms with van der Waals surface area (Å²) in [5, 5.41) is 0. The van der Waals surface area contributed by atoms with E-state index in [0.29, 0.717) is 27.4 Å². The van der Waals surface area contributed by atoms with Crippen molar-refractivity contribution in [2.75, 3.05) is 12.0 Å². The second-order valence-electron chi connectivity index (χ2n) is 4.85. The number of hydrogen-bond acceptors (Lipinski definition) is 5. The number of rotatable bonds is 4. The van der Waals surface area contributed by atoms with Crippen molar-refractivity contribution in [1.29, 1.82) is 0 Å². The lowest BCUT2D eigenvalue weighted by atomic mass is 10.2. The Labute approximate surface area is 145 Å². The molecule has 0 bridgehead atoms. The number of oxazole rings is 1. The van der Waals surface area contributed by atoms with Gasteiger partial charge in [-0.05, 0) is 36.3 Å². The molecule has 1 aromatic carbocycles. The second-order valence-corrected chi connectivity index (χ2v) is 7.04. The maximum absolute atomic E-state index is 12.9. The second kappa shape index (κ2) is 6.68. The Morgan fingerprint density at radius 1 is 1.21 bits per heavy atom. The van der Waals surface area contributed by atoms with E-state index in [0.717, 1.165) is 17.2 Å². The fourth-order valence-electron chi connectivity index (χ4n) is 2.16. The highest BCUT2D eigenvalue weighted by atomic mass is 32.2. The number of hydrogen-bond donors (Lipinski definition) is 0. The van der Waals surface area contributed by atoms with Crippen LogP contribution in [0.2, 0.25) is 0 Å². The predicted octanol–water partition coefficient (Wildman–Crippen LogP) is 5.74. The largest absolute Gasteiger partial charge is 0.435 e. The van der Waals surface area contributed by atoms with E-state index in [1.165, 1.54) is 11.8 Å². The van der Waals surface area contributed by atoms with Crippen LogP contribution in [0, 0.1) is 0 Å². The molecule has 0 aliphatic rings. The minimum absolute atomic E-state index is 0.230. The van der Waals surface area contributed by atoms with Gasteiger partial charge in [0.2, 0.25) is 5.89 Å². The summed E-state index contributed by atoms with van der Waals surface area (Å²) in [6.07, 6.45) is -1.66. The van der Waals surface area contributed by atoms with Crippen LogP contribution in [0.25, 0.3) is 22.7 Å². The van der Waals surface area contributed by atoms with Gasteiger partial charge in [0.15, 0.2) is 5.58 Å². The van der Waals surface area contributed by atoms with E-state index < -0.39 is 11.7 Å². The first kappa shape index (κ1) is 17.2. The summed E-state index contributed by atoms with van der Waals surface area (Å²) < 4.78 is 44.4. The maximum Gasteiger partial charge on any atom is 0.417 e. The van der Waals surface area contributed by atoms with Crippen LogP contribution in [0.15, 0.2) is 44.7 Å². The van der Waals surface area contributed by atoms with Crippen molar-refractivity contribution in [2.45, 2.75) is 22.9 Å². The highest BCUT2D eigenvalue weighted by Gasteiger charge is 2.32. The minimum Gasteiger partial charge on any atom is -0.435 e. The van der Waals surface area contributed by atoms with Crippen LogP contribution in [-0.2, 0) is 6.18 Å². The van der Waals surface area contributed by atoms with E-state index in [4.69, 9.17) is 4.42 Å². The van der Waals surface area contributed by atoms with Gasteiger partial charge < -0.3 is 4.42 Å². The fourth-order valence-corrected chi connectivity index (χ4v) is 3.39. The normalized spacial score (nSPS) is 12.0. The molecule has 0 spiro atoms. The molecule has 3 rings (SSSR count). The van der Waals surface area contributed by atoms with Gasteiger partial charge in [-0.1, -0.05) is 6.92 Å². The Morgan fingerprint density at radius 2 is 2.00 bits per heavy atom. The molecule has 126 valence electrons. The lowest BCUT2D eigenvalue weighted by Crippen LogP contribution is -2.06. The summed E-state index contributed by atoms with van der Waals surface area (Å²) in [6, 6.07) is 6.68. The van der Waals surface area contributed by atoms with Gasteiger partial charge in [0.05, 0.1) is 5.56 Å². The topological polar surface area (TPSA) is 38.9 Å². The van der Waals surface area contributed by atoms with Gasteiger partial charge in [0.1, 0.15) is 11.2 Å². The van der Waals surface area contributed by atoms with Gasteiger partial charge in [-0.3, -0.25) is 0 Å². The molecule has 0 aliphatic heterocycles. The van der Waals surface area contributed by atoms with Gasteiger partial charge in [0, 0.05) is 16.0 Å². The van der Waals surface area contributed by atoms with Crippen LogP contribution < -0.4 is 0 Å². The molecule has 0 unspecified atom stereocenters. The van der Waals surface area contributed by atoms with Crippen LogP contribution in [0.1, 0.15) is 12.5 Å². The number of halogens is 3. The van der Waals surface area contributed by atoms with Crippen molar-refractivity contribution in [3.8, 4) is 11.6 Å². The van der Waals surface area contributed by atoms with E-state index in [1.54, 1.807) is 17.8 Å². The molecule has 0 aliphatic carbocycles. The van der Waals surface area contributed by atoms with Crippen molar-refractivity contribution in [3.63, 3.8) is 0 Å². The first-order valence-corrected chi connectivity index (χ1v) is 9.28. The molecule has 8 heteroatoms. The molecule has 0 N–H and O–H groups in total. The highest BCUT2D eigenvalue weighted by molar-refractivity contribution is 7.99. The third-order valence-electron chi connectivity index (χ3n) is 3.28. The van der Waals surface area contributed by atoms with E-state index in [9.17, 15) is 13.2 Å². The molecule has 0 amide bonds. The Hall–Kier alpha value is -1.67. The van der Waals surface area contributed by atoms with Crippen LogP contribution >= 0.6 is 23.5 Å². The van der Waals surface area contributed by atoms with E-state index in [-0.39, 0.29) is 5.89 Å². The van der Waals surface area contributed by atoms with Gasteiger partial charge >= 0.3 is 6.18 Å². The van der Waals surface area contributed by atoms with E-state index in [2.05, 4.69) is 9.97 Å². The average molecular weight is 370 g/mol. The standard InChI is InChI=1S/C16H13F3N2OS2/c1-3-24-13-6-9(16(17,18)19)8-20-14(13)15-21-11-7-10(23-2)4-5-12(11)22-15/h4-8H,3H2,1-2H3. The quantitative estimate of drug-likeness (QED) is 0.547. The zero-order valence-electron chi connectivity index (χ0n) is 12.8. The summed E-state index contributed by atoms with van der Waals surface area (Å²) in [5.41, 5.74) is 0.794. The lowest BCUT2D eigenvalue weighted by Gasteiger charge is -2.10. The number of thioether (sulfide) groups is 2. The Balaban J connectivity index is 2.10. The summed E-state index contributed by atoms with van der Waals surface area (Å²) in [4.78, 5) is 9.80. The van der Waals surface area contributed by atoms with Crippen molar-refractivity contribution >= 4 is 34.6 Å². The third-order valence-corrected chi connectivity index (χ3v) is 4.91. The molecule has 3 nitrogen and oxygen atoms in total. The van der Waals surface area contributed by atoms with Crippen molar-refractivity contribution in [2.24, 2.45) is 0 Å². The zero-order chi connectivity index (χ0) is 17.3. The first-order chi connectivity index (χ1) is 11.4. The van der Waals surface area contributed by atoms with E-state index >= 15 is 0 Å². The number of aromatic nitrogens is 2. The molecular weight excluding hydrogens is 357 g/mol. The fraction of sp³-hybridized carbons (Fsp3) is 0.250. The molecule has 0 radical (unpaired) electrons. The molecule has 2 aromatic heterocycles. The monoisotopic (exact) mass is 370 g/mol. The molecule has 0 saturated carbocycles. The van der Waals surface area contributed by atoms with Crippen LogP contribution in [-0.4, -0.2) is 22.0 Å². The minimum atomic E-state index is -4.43. The SMILES string of the molecule is CCSc1cc(C(F)(F)F)cnc1-c1nc2cc(SC)ccc2o1. The smallest absolute Gasteiger partial charge is 0.417 e. The van der Waals surface area contributed by atoms with Crippen LogP contribution in [0.3, 0.4) is 0 Å². The summed E-state index contributed by atoms with van der Waals surface area (Å²) in [6.45, 7) is 1.87. The number of alkyl halides is 3. The highest BCUT2D eigenvalue weighted by Crippen LogP contribution is 2.36. The van der Waals surface area contributed by atoms with Crippen molar-refractivity contribution < 1.29 is 17.6 Å². The van der Waals surface area contributed by atoms with Crippen LogP contribution in [0.5, 0.6) is 0 Å². The van der Waals surface area contributed by atoms with Gasteiger partial charge in [-0.25, -0.2) is 9.97 Å². The Morgan fingerprint density at radius 3 is 2.67 bits per heavy atom. The van der Waals surface area contributed by atoms with Crippen molar-refractivity contribution in [1.82, 2.24) is 9.97 Å². The molecule has 0 fully saturated rings. The lowest BCUT2D eigenvalue weighted by molar-refractivity contribution is -0.138. The number of benzene rings is 1. The Bertz CT molecular complexity index is 877. The summed E-state index contributed by atoms with van der Waals surface area (Å²) in [5.74, 6) is 0.847. The van der Waals surface area contributed by atoms with Gasteiger partial charge in [-0.2, -0.15) is 13.2 Å². The number of pyridine rings is 1. The summed E-state index contributed by atoms with van der Waals surface area (Å²) >= 11 is 2.86. The molecule has 2 heterocycles. The van der Waals surface area contributed by atoms with Crippen LogP contribution in [0.4, 0.5) is 13.2 Å². The third kappa shape index (κ3) is 3.39. The first-order valence-electron chi connectivity index (χ1n) is 7.07. The van der Waals surface area contributed by atoms with E-state index in [1.807, 2.05) is 25.3 Å². The Kier molecular flexibility index (Phi) is 4.78. The van der Waals surface area contributed by atoms with Crippen molar-refractivity contribution in [3.05, 3.63) is 36.0 Å². The molecule has 24 heavy (non-hydrogen) atoms. The molecular formula is C16H13F3N2OS2. The molecule has 0 saturated heterocycles. The predicted molar refractivity (Wildman–Crippen MR) is 90.4 cm³/mol. The average Bonchev–Trinajstić information content (AvgIpc) is 2.97. The molecule has 0 atom stereocenters.